The van der Waals surface area contributed by atoms with E-state index in [0.29, 0.717) is 6.04 Å². The zero-order chi connectivity index (χ0) is 13.4. The number of rotatable bonds is 8. The van der Waals surface area contributed by atoms with Crippen LogP contribution in [0.1, 0.15) is 31.9 Å². The Labute approximate surface area is 111 Å². The lowest BCUT2D eigenvalue weighted by Gasteiger charge is -2.20. The van der Waals surface area contributed by atoms with E-state index in [-0.39, 0.29) is 0 Å². The minimum atomic E-state index is 0.420. The molecule has 1 aromatic rings. The molecule has 0 aromatic heterocycles. The molecule has 102 valence electrons. The fourth-order valence-electron chi connectivity index (χ4n) is 1.85. The number of hydrogen-bond donors (Lipinski definition) is 1. The Balaban J connectivity index is 2.56. The summed E-state index contributed by atoms with van der Waals surface area (Å²) in [5.41, 5.74) is 2.57. The molecule has 18 heavy (non-hydrogen) atoms. The van der Waals surface area contributed by atoms with Crippen molar-refractivity contribution in [3.8, 4) is 0 Å². The SMILES string of the molecule is CCCNC(C)c1ccc(N(C)CCOC)cc1. The maximum absolute atomic E-state index is 5.09. The Morgan fingerprint density at radius 3 is 2.50 bits per heavy atom. The van der Waals surface area contributed by atoms with Gasteiger partial charge in [-0.1, -0.05) is 19.1 Å². The summed E-state index contributed by atoms with van der Waals surface area (Å²) < 4.78 is 5.09. The van der Waals surface area contributed by atoms with Crippen LogP contribution in [0.15, 0.2) is 24.3 Å². The third-order valence-corrected chi connectivity index (χ3v) is 3.17. The molecule has 1 unspecified atom stereocenters. The quantitative estimate of drug-likeness (QED) is 0.768. The zero-order valence-corrected chi connectivity index (χ0v) is 12.1. The van der Waals surface area contributed by atoms with Crippen LogP contribution < -0.4 is 10.2 Å². The Bertz CT molecular complexity index is 291. The molecular formula is C15H26N2O. The van der Waals surface area contributed by atoms with Crippen molar-refractivity contribution < 1.29 is 4.74 Å². The molecule has 0 bridgehead atoms. The van der Waals surface area contributed by atoms with E-state index in [0.717, 1.165) is 19.7 Å². The molecule has 1 N–H and O–H groups in total. The van der Waals surface area contributed by atoms with E-state index >= 15 is 0 Å². The van der Waals surface area contributed by atoms with Crippen LogP contribution in [0.2, 0.25) is 0 Å². The average molecular weight is 250 g/mol. The predicted octanol–water partition coefficient (Wildman–Crippen LogP) is 2.83. The highest BCUT2D eigenvalue weighted by atomic mass is 16.5. The second-order valence-corrected chi connectivity index (χ2v) is 4.68. The first-order valence-corrected chi connectivity index (χ1v) is 6.72. The molecule has 0 aliphatic carbocycles. The molecule has 0 fully saturated rings. The Morgan fingerprint density at radius 1 is 1.28 bits per heavy atom. The first-order valence-electron chi connectivity index (χ1n) is 6.72. The number of ether oxygens (including phenoxy) is 1. The number of benzene rings is 1. The fraction of sp³-hybridized carbons (Fsp3) is 0.600. The smallest absolute Gasteiger partial charge is 0.0637 e. The molecule has 0 aliphatic heterocycles. The van der Waals surface area contributed by atoms with Gasteiger partial charge >= 0.3 is 0 Å². The number of hydrogen-bond acceptors (Lipinski definition) is 3. The zero-order valence-electron chi connectivity index (χ0n) is 12.1. The van der Waals surface area contributed by atoms with Gasteiger partial charge in [0.1, 0.15) is 0 Å². The second kappa shape index (κ2) is 8.11. The van der Waals surface area contributed by atoms with Crippen LogP contribution in [-0.4, -0.2) is 33.9 Å². The van der Waals surface area contributed by atoms with Crippen molar-refractivity contribution in [3.63, 3.8) is 0 Å². The van der Waals surface area contributed by atoms with E-state index in [1.165, 1.54) is 17.7 Å². The Hall–Kier alpha value is -1.06. The van der Waals surface area contributed by atoms with Crippen molar-refractivity contribution in [2.75, 3.05) is 38.8 Å². The molecule has 0 aliphatic rings. The van der Waals surface area contributed by atoms with Gasteiger partial charge < -0.3 is 15.0 Å². The predicted molar refractivity (Wildman–Crippen MR) is 78.3 cm³/mol. The maximum Gasteiger partial charge on any atom is 0.0637 e. The van der Waals surface area contributed by atoms with Gasteiger partial charge in [-0.05, 0) is 37.6 Å². The van der Waals surface area contributed by atoms with Gasteiger partial charge in [-0.2, -0.15) is 0 Å². The summed E-state index contributed by atoms with van der Waals surface area (Å²) in [5.74, 6) is 0. The number of nitrogens with zero attached hydrogens (tertiary/aromatic N) is 1. The minimum Gasteiger partial charge on any atom is -0.383 e. The summed E-state index contributed by atoms with van der Waals surface area (Å²) in [4.78, 5) is 2.21. The van der Waals surface area contributed by atoms with Crippen molar-refractivity contribution in [2.45, 2.75) is 26.3 Å². The van der Waals surface area contributed by atoms with Gasteiger partial charge in [0, 0.05) is 32.4 Å². The average Bonchev–Trinajstić information content (AvgIpc) is 2.42. The Morgan fingerprint density at radius 2 is 1.94 bits per heavy atom. The second-order valence-electron chi connectivity index (χ2n) is 4.68. The largest absolute Gasteiger partial charge is 0.383 e. The van der Waals surface area contributed by atoms with Crippen LogP contribution in [-0.2, 0) is 4.74 Å². The van der Waals surface area contributed by atoms with Gasteiger partial charge in [0.05, 0.1) is 6.61 Å². The third kappa shape index (κ3) is 4.67. The summed E-state index contributed by atoms with van der Waals surface area (Å²) in [6.07, 6.45) is 1.17. The Kier molecular flexibility index (Phi) is 6.76. The molecule has 1 rings (SSSR count). The number of nitrogens with one attached hydrogen (secondary N) is 1. The fourth-order valence-corrected chi connectivity index (χ4v) is 1.85. The lowest BCUT2D eigenvalue weighted by molar-refractivity contribution is 0.206. The monoisotopic (exact) mass is 250 g/mol. The molecule has 1 atom stereocenters. The molecule has 0 saturated heterocycles. The van der Waals surface area contributed by atoms with Gasteiger partial charge in [0.15, 0.2) is 0 Å². The molecule has 0 amide bonds. The van der Waals surface area contributed by atoms with Crippen LogP contribution >= 0.6 is 0 Å². The van der Waals surface area contributed by atoms with E-state index in [1.54, 1.807) is 7.11 Å². The van der Waals surface area contributed by atoms with Crippen LogP contribution in [0, 0.1) is 0 Å². The lowest BCUT2D eigenvalue weighted by atomic mass is 10.1. The highest BCUT2D eigenvalue weighted by Gasteiger charge is 2.05. The normalized spacial score (nSPS) is 12.4. The molecule has 0 heterocycles. The number of anilines is 1. The molecule has 3 heteroatoms. The molecule has 0 saturated carbocycles. The van der Waals surface area contributed by atoms with Crippen molar-refractivity contribution in [3.05, 3.63) is 29.8 Å². The highest BCUT2D eigenvalue weighted by molar-refractivity contribution is 5.47. The van der Waals surface area contributed by atoms with Gasteiger partial charge in [-0.3, -0.25) is 0 Å². The van der Waals surface area contributed by atoms with Crippen LogP contribution in [0.3, 0.4) is 0 Å². The third-order valence-electron chi connectivity index (χ3n) is 3.17. The summed E-state index contributed by atoms with van der Waals surface area (Å²) in [6, 6.07) is 9.17. The maximum atomic E-state index is 5.09. The van der Waals surface area contributed by atoms with Crippen molar-refractivity contribution in [2.24, 2.45) is 0 Å². The standard InChI is InChI=1S/C15H26N2O/c1-5-10-16-13(2)14-6-8-15(9-7-14)17(3)11-12-18-4/h6-9,13,16H,5,10-12H2,1-4H3. The van der Waals surface area contributed by atoms with E-state index in [9.17, 15) is 0 Å². The molecule has 0 radical (unpaired) electrons. The summed E-state index contributed by atoms with van der Waals surface area (Å²) in [5, 5.41) is 3.50. The molecule has 1 aromatic carbocycles. The lowest BCUT2D eigenvalue weighted by Crippen LogP contribution is -2.22. The molecular weight excluding hydrogens is 224 g/mol. The van der Waals surface area contributed by atoms with Gasteiger partial charge in [0.2, 0.25) is 0 Å². The number of methoxy groups -OCH3 is 1. The number of likely N-dealkylation sites (N-methyl/N-ethyl adjacent to an activating group) is 1. The van der Waals surface area contributed by atoms with E-state index in [2.05, 4.69) is 55.4 Å². The van der Waals surface area contributed by atoms with Gasteiger partial charge in [0.25, 0.3) is 0 Å². The molecule has 0 spiro atoms. The summed E-state index contributed by atoms with van der Waals surface area (Å²) in [7, 11) is 3.82. The first-order chi connectivity index (χ1) is 8.69. The summed E-state index contributed by atoms with van der Waals surface area (Å²) >= 11 is 0. The van der Waals surface area contributed by atoms with Crippen LogP contribution in [0.4, 0.5) is 5.69 Å². The first kappa shape index (κ1) is 15.0. The molecule has 3 nitrogen and oxygen atoms in total. The topological polar surface area (TPSA) is 24.5 Å². The van der Waals surface area contributed by atoms with E-state index in [4.69, 9.17) is 4.74 Å². The van der Waals surface area contributed by atoms with Gasteiger partial charge in [-0.25, -0.2) is 0 Å². The van der Waals surface area contributed by atoms with Gasteiger partial charge in [-0.15, -0.1) is 0 Å². The van der Waals surface area contributed by atoms with Crippen molar-refractivity contribution in [1.82, 2.24) is 5.32 Å². The van der Waals surface area contributed by atoms with Crippen LogP contribution in [0.25, 0.3) is 0 Å². The van der Waals surface area contributed by atoms with Crippen molar-refractivity contribution in [1.29, 1.82) is 0 Å². The highest BCUT2D eigenvalue weighted by Crippen LogP contribution is 2.18. The van der Waals surface area contributed by atoms with E-state index in [1.807, 2.05) is 0 Å². The van der Waals surface area contributed by atoms with Crippen molar-refractivity contribution >= 4 is 5.69 Å². The summed E-state index contributed by atoms with van der Waals surface area (Å²) in [6.45, 7) is 7.13. The van der Waals surface area contributed by atoms with Crippen LogP contribution in [0.5, 0.6) is 0 Å². The van der Waals surface area contributed by atoms with E-state index < -0.39 is 0 Å². The minimum absolute atomic E-state index is 0.420.